The highest BCUT2D eigenvalue weighted by Gasteiger charge is 2.23. The Hall–Kier alpha value is -0.720. The molecule has 0 bridgehead atoms. The first-order chi connectivity index (χ1) is 8.90. The zero-order chi connectivity index (χ0) is 14.4. The van der Waals surface area contributed by atoms with Crippen LogP contribution in [0.1, 0.15) is 18.7 Å². The van der Waals surface area contributed by atoms with E-state index in [1.807, 2.05) is 12.1 Å². The van der Waals surface area contributed by atoms with Crippen molar-refractivity contribution < 1.29 is 14.7 Å². The molecule has 4 nitrogen and oxygen atoms in total. The van der Waals surface area contributed by atoms with Gasteiger partial charge in [0.2, 0.25) is 5.91 Å². The normalized spacial score (nSPS) is 12.4. The lowest BCUT2D eigenvalue weighted by atomic mass is 10.1. The highest BCUT2D eigenvalue weighted by molar-refractivity contribution is 7.99. The van der Waals surface area contributed by atoms with Crippen LogP contribution in [0.2, 0.25) is 4.34 Å². The van der Waals surface area contributed by atoms with Gasteiger partial charge in [-0.2, -0.15) is 0 Å². The lowest BCUT2D eigenvalue weighted by Crippen LogP contribution is -2.45. The zero-order valence-electron chi connectivity index (χ0n) is 10.7. The summed E-state index contributed by atoms with van der Waals surface area (Å²) in [5.41, 5.74) is 0. The fraction of sp³-hybridized carbons (Fsp3) is 0.500. The summed E-state index contributed by atoms with van der Waals surface area (Å²) in [5.74, 6) is -0.453. The van der Waals surface area contributed by atoms with E-state index in [0.29, 0.717) is 5.75 Å². The number of thioether (sulfide) groups is 1. The molecule has 0 fully saturated rings. The van der Waals surface area contributed by atoms with Crippen molar-refractivity contribution in [1.82, 2.24) is 5.32 Å². The molecule has 0 aliphatic carbocycles. The van der Waals surface area contributed by atoms with Crippen molar-refractivity contribution in [3.63, 3.8) is 0 Å². The standard InChI is InChI=1S/C12H16ClNO3S2/c1-7(2)11(12(16)17)14-10(15)6-18-5-8-3-4-9(13)19-8/h3-4,7,11H,5-6H2,1-2H3,(H,14,15)(H,16,17). The molecule has 1 atom stereocenters. The Morgan fingerprint density at radius 2 is 2.16 bits per heavy atom. The third-order valence-corrected chi connectivity index (χ3v) is 4.75. The molecule has 1 aromatic heterocycles. The summed E-state index contributed by atoms with van der Waals surface area (Å²) in [5, 5.41) is 11.5. The number of thiophene rings is 1. The van der Waals surface area contributed by atoms with Crippen LogP contribution in [-0.2, 0) is 15.3 Å². The van der Waals surface area contributed by atoms with E-state index in [4.69, 9.17) is 16.7 Å². The molecular formula is C12H16ClNO3S2. The third kappa shape index (κ3) is 5.84. The number of hydrogen-bond acceptors (Lipinski definition) is 4. The van der Waals surface area contributed by atoms with Crippen molar-refractivity contribution in [2.45, 2.75) is 25.6 Å². The van der Waals surface area contributed by atoms with Gasteiger partial charge in [-0.3, -0.25) is 4.79 Å². The van der Waals surface area contributed by atoms with E-state index in [1.165, 1.54) is 23.1 Å². The number of amides is 1. The summed E-state index contributed by atoms with van der Waals surface area (Å²) >= 11 is 8.73. The lowest BCUT2D eigenvalue weighted by Gasteiger charge is -2.17. The van der Waals surface area contributed by atoms with Gasteiger partial charge in [0.15, 0.2) is 0 Å². The van der Waals surface area contributed by atoms with Crippen LogP contribution >= 0.6 is 34.7 Å². The summed E-state index contributed by atoms with van der Waals surface area (Å²) < 4.78 is 0.728. The van der Waals surface area contributed by atoms with Crippen LogP contribution in [0.4, 0.5) is 0 Å². The van der Waals surface area contributed by atoms with Crippen LogP contribution in [0.25, 0.3) is 0 Å². The maximum atomic E-state index is 11.6. The Kier molecular flexibility index (Phi) is 6.68. The zero-order valence-corrected chi connectivity index (χ0v) is 13.1. The third-order valence-electron chi connectivity index (χ3n) is 2.36. The molecular weight excluding hydrogens is 306 g/mol. The van der Waals surface area contributed by atoms with E-state index in [2.05, 4.69) is 5.32 Å². The molecule has 1 amide bonds. The predicted octanol–water partition coefficient (Wildman–Crippen LogP) is 2.86. The van der Waals surface area contributed by atoms with Gasteiger partial charge in [0, 0.05) is 10.6 Å². The summed E-state index contributed by atoms with van der Waals surface area (Å²) in [6, 6.07) is 2.91. The first-order valence-electron chi connectivity index (χ1n) is 5.74. The summed E-state index contributed by atoms with van der Waals surface area (Å²) in [7, 11) is 0. The highest BCUT2D eigenvalue weighted by Crippen LogP contribution is 2.25. The average molecular weight is 322 g/mol. The second-order valence-electron chi connectivity index (χ2n) is 4.33. The van der Waals surface area contributed by atoms with Gasteiger partial charge in [0.05, 0.1) is 10.1 Å². The lowest BCUT2D eigenvalue weighted by molar-refractivity contribution is -0.142. The minimum Gasteiger partial charge on any atom is -0.480 e. The molecule has 1 heterocycles. The summed E-state index contributed by atoms with van der Waals surface area (Å²) in [6.07, 6.45) is 0. The summed E-state index contributed by atoms with van der Waals surface area (Å²) in [6.45, 7) is 3.53. The number of carbonyl (C=O) groups excluding carboxylic acids is 1. The van der Waals surface area contributed by atoms with Gasteiger partial charge in [-0.05, 0) is 18.1 Å². The van der Waals surface area contributed by atoms with E-state index < -0.39 is 12.0 Å². The van der Waals surface area contributed by atoms with Crippen molar-refractivity contribution in [1.29, 1.82) is 0 Å². The number of hydrogen-bond donors (Lipinski definition) is 2. The van der Waals surface area contributed by atoms with Crippen LogP contribution in [0.15, 0.2) is 12.1 Å². The highest BCUT2D eigenvalue weighted by atomic mass is 35.5. The minimum atomic E-state index is -1.00. The largest absolute Gasteiger partial charge is 0.480 e. The fourth-order valence-electron chi connectivity index (χ4n) is 1.40. The van der Waals surface area contributed by atoms with Crippen LogP contribution in [-0.4, -0.2) is 28.8 Å². The molecule has 0 aromatic carbocycles. The van der Waals surface area contributed by atoms with Crippen molar-refractivity contribution in [2.24, 2.45) is 5.92 Å². The fourth-order valence-corrected chi connectivity index (χ4v) is 3.44. The Bertz CT molecular complexity index is 448. The van der Waals surface area contributed by atoms with Gasteiger partial charge in [0.1, 0.15) is 6.04 Å². The van der Waals surface area contributed by atoms with Crippen molar-refractivity contribution in [3.8, 4) is 0 Å². The predicted molar refractivity (Wildman–Crippen MR) is 79.9 cm³/mol. The topological polar surface area (TPSA) is 66.4 Å². The Balaban J connectivity index is 2.33. The smallest absolute Gasteiger partial charge is 0.326 e. The Morgan fingerprint density at radius 1 is 1.47 bits per heavy atom. The number of halogens is 1. The Labute approximate surface area is 125 Å². The Morgan fingerprint density at radius 3 is 2.63 bits per heavy atom. The second kappa shape index (κ2) is 7.77. The number of rotatable bonds is 7. The monoisotopic (exact) mass is 321 g/mol. The van der Waals surface area contributed by atoms with E-state index in [9.17, 15) is 9.59 Å². The molecule has 19 heavy (non-hydrogen) atoms. The number of nitrogens with one attached hydrogen (secondary N) is 1. The van der Waals surface area contributed by atoms with E-state index in [1.54, 1.807) is 13.8 Å². The molecule has 1 aromatic rings. The van der Waals surface area contributed by atoms with Crippen LogP contribution in [0, 0.1) is 5.92 Å². The average Bonchev–Trinajstić information content (AvgIpc) is 2.71. The maximum absolute atomic E-state index is 11.6. The van der Waals surface area contributed by atoms with Crippen LogP contribution in [0.5, 0.6) is 0 Å². The molecule has 0 radical (unpaired) electrons. The molecule has 0 saturated heterocycles. The molecule has 0 aliphatic heterocycles. The molecule has 0 aliphatic rings. The number of carbonyl (C=O) groups is 2. The van der Waals surface area contributed by atoms with Crippen LogP contribution < -0.4 is 5.32 Å². The molecule has 1 rings (SSSR count). The van der Waals surface area contributed by atoms with E-state index >= 15 is 0 Å². The van der Waals surface area contributed by atoms with Gasteiger partial charge < -0.3 is 10.4 Å². The van der Waals surface area contributed by atoms with Gasteiger partial charge in [0.25, 0.3) is 0 Å². The molecule has 0 saturated carbocycles. The molecule has 7 heteroatoms. The van der Waals surface area contributed by atoms with Crippen molar-refractivity contribution >= 4 is 46.6 Å². The quantitative estimate of drug-likeness (QED) is 0.810. The molecule has 0 spiro atoms. The number of aliphatic carboxylic acids is 1. The van der Waals surface area contributed by atoms with Gasteiger partial charge in [-0.15, -0.1) is 23.1 Å². The van der Waals surface area contributed by atoms with E-state index in [-0.39, 0.29) is 17.6 Å². The molecule has 106 valence electrons. The number of carboxylic acid groups (broad SMARTS) is 1. The minimum absolute atomic E-state index is 0.137. The van der Waals surface area contributed by atoms with Gasteiger partial charge >= 0.3 is 5.97 Å². The molecule has 2 N–H and O–H groups in total. The number of carboxylic acids is 1. The van der Waals surface area contributed by atoms with Gasteiger partial charge in [-0.1, -0.05) is 25.4 Å². The van der Waals surface area contributed by atoms with E-state index in [0.717, 1.165) is 9.21 Å². The maximum Gasteiger partial charge on any atom is 0.326 e. The van der Waals surface area contributed by atoms with Crippen molar-refractivity contribution in [2.75, 3.05) is 5.75 Å². The first-order valence-corrected chi connectivity index (χ1v) is 8.09. The second-order valence-corrected chi connectivity index (χ2v) is 7.11. The summed E-state index contributed by atoms with van der Waals surface area (Å²) in [4.78, 5) is 23.7. The first kappa shape index (κ1) is 16.3. The SMILES string of the molecule is CC(C)C(NC(=O)CSCc1ccc(Cl)s1)C(=O)O. The van der Waals surface area contributed by atoms with Crippen molar-refractivity contribution in [3.05, 3.63) is 21.3 Å². The van der Waals surface area contributed by atoms with Gasteiger partial charge in [-0.25, -0.2) is 4.79 Å². The van der Waals surface area contributed by atoms with Crippen LogP contribution in [0.3, 0.4) is 0 Å². The molecule has 1 unspecified atom stereocenters.